The minimum Gasteiger partial charge on any atom is -0.431 e. The molecule has 1 heterocycles. The van der Waals surface area contributed by atoms with Crippen molar-refractivity contribution in [1.82, 2.24) is 10.3 Å². The highest BCUT2D eigenvalue weighted by Gasteiger charge is 2.14. The molecule has 1 aromatic heterocycles. The maximum absolute atomic E-state index is 12.7. The average molecular weight is 432 g/mol. The molecule has 0 bridgehead atoms. The van der Waals surface area contributed by atoms with Gasteiger partial charge in [-0.05, 0) is 36.8 Å². The Kier molecular flexibility index (Phi) is 6.33. The fourth-order valence-electron chi connectivity index (χ4n) is 3.00. The molecule has 31 heavy (non-hydrogen) atoms. The molecule has 7 heteroatoms. The molecule has 4 aromatic rings. The SMILES string of the molecule is Cc1ccc(CNC(=O)c2ccccc2NC(=O)CSc2nc3ccccc3o2)cc1. The van der Waals surface area contributed by atoms with Crippen LogP contribution in [0.1, 0.15) is 21.5 Å². The van der Waals surface area contributed by atoms with Crippen molar-refractivity contribution in [2.45, 2.75) is 18.7 Å². The molecule has 2 amide bonds. The van der Waals surface area contributed by atoms with E-state index in [1.807, 2.05) is 55.5 Å². The second-order valence-corrected chi connectivity index (χ2v) is 7.92. The molecule has 4 rings (SSSR count). The first-order chi connectivity index (χ1) is 15.1. The number of anilines is 1. The highest BCUT2D eigenvalue weighted by molar-refractivity contribution is 7.99. The zero-order valence-electron chi connectivity index (χ0n) is 16.9. The van der Waals surface area contributed by atoms with E-state index < -0.39 is 0 Å². The van der Waals surface area contributed by atoms with E-state index in [9.17, 15) is 9.59 Å². The molecular formula is C24H21N3O3S. The minimum absolute atomic E-state index is 0.117. The van der Waals surface area contributed by atoms with Crippen LogP contribution in [-0.2, 0) is 11.3 Å². The van der Waals surface area contributed by atoms with Gasteiger partial charge in [0.05, 0.1) is 17.0 Å². The quantitative estimate of drug-likeness (QED) is 0.411. The molecule has 0 spiro atoms. The summed E-state index contributed by atoms with van der Waals surface area (Å²) < 4.78 is 5.62. The van der Waals surface area contributed by atoms with Gasteiger partial charge >= 0.3 is 0 Å². The summed E-state index contributed by atoms with van der Waals surface area (Å²) in [6.45, 7) is 2.43. The number of nitrogens with zero attached hydrogens (tertiary/aromatic N) is 1. The summed E-state index contributed by atoms with van der Waals surface area (Å²) in [5, 5.41) is 6.14. The number of carbonyl (C=O) groups is 2. The van der Waals surface area contributed by atoms with Gasteiger partial charge < -0.3 is 15.1 Å². The molecular weight excluding hydrogens is 410 g/mol. The third-order valence-corrected chi connectivity index (χ3v) is 5.45. The molecule has 0 radical (unpaired) electrons. The van der Waals surface area contributed by atoms with Crippen molar-refractivity contribution in [3.05, 3.63) is 89.5 Å². The molecule has 156 valence electrons. The Hall–Kier alpha value is -3.58. The number of carbonyl (C=O) groups excluding carboxylic acids is 2. The van der Waals surface area contributed by atoms with Crippen LogP contribution in [-0.4, -0.2) is 22.6 Å². The minimum atomic E-state index is -0.247. The fourth-order valence-corrected chi connectivity index (χ4v) is 3.64. The Morgan fingerprint density at radius 1 is 0.968 bits per heavy atom. The zero-order chi connectivity index (χ0) is 21.6. The number of fused-ring (bicyclic) bond motifs is 1. The van der Waals surface area contributed by atoms with E-state index in [1.165, 1.54) is 17.3 Å². The van der Waals surface area contributed by atoms with Crippen molar-refractivity contribution in [2.75, 3.05) is 11.1 Å². The standard InChI is InChI=1S/C24H21N3O3S/c1-16-10-12-17(13-11-16)14-25-23(29)18-6-2-3-7-19(18)26-22(28)15-31-24-27-20-8-4-5-9-21(20)30-24/h2-13H,14-15H2,1H3,(H,25,29)(H,26,28). The molecule has 0 aliphatic heterocycles. The Bertz CT molecular complexity index is 1190. The Morgan fingerprint density at radius 2 is 1.71 bits per heavy atom. The number of benzene rings is 3. The van der Waals surface area contributed by atoms with E-state index in [0.29, 0.717) is 28.6 Å². The summed E-state index contributed by atoms with van der Waals surface area (Å²) >= 11 is 1.21. The van der Waals surface area contributed by atoms with Crippen LogP contribution < -0.4 is 10.6 Å². The highest BCUT2D eigenvalue weighted by Crippen LogP contribution is 2.23. The van der Waals surface area contributed by atoms with Crippen LogP contribution in [0, 0.1) is 6.92 Å². The van der Waals surface area contributed by atoms with Crippen molar-refractivity contribution in [2.24, 2.45) is 0 Å². The van der Waals surface area contributed by atoms with Gasteiger partial charge in [0.1, 0.15) is 5.52 Å². The molecule has 0 fully saturated rings. The second kappa shape index (κ2) is 9.49. The number of amides is 2. The molecule has 0 saturated heterocycles. The molecule has 3 aromatic carbocycles. The normalized spacial score (nSPS) is 10.7. The van der Waals surface area contributed by atoms with Gasteiger partial charge in [-0.3, -0.25) is 9.59 Å². The summed E-state index contributed by atoms with van der Waals surface area (Å²) in [5.74, 6) is -0.374. The maximum Gasteiger partial charge on any atom is 0.257 e. The highest BCUT2D eigenvalue weighted by atomic mass is 32.2. The van der Waals surface area contributed by atoms with E-state index in [2.05, 4.69) is 15.6 Å². The number of aryl methyl sites for hydroxylation is 1. The number of thioether (sulfide) groups is 1. The smallest absolute Gasteiger partial charge is 0.257 e. The lowest BCUT2D eigenvalue weighted by molar-refractivity contribution is -0.113. The fraction of sp³-hybridized carbons (Fsp3) is 0.125. The van der Waals surface area contributed by atoms with E-state index in [0.717, 1.165) is 11.1 Å². The van der Waals surface area contributed by atoms with E-state index in [1.54, 1.807) is 24.3 Å². The Morgan fingerprint density at radius 3 is 2.52 bits per heavy atom. The van der Waals surface area contributed by atoms with Crippen LogP contribution in [0.5, 0.6) is 0 Å². The first-order valence-corrected chi connectivity index (χ1v) is 10.8. The summed E-state index contributed by atoms with van der Waals surface area (Å²) in [6.07, 6.45) is 0. The topological polar surface area (TPSA) is 84.2 Å². The molecule has 2 N–H and O–H groups in total. The van der Waals surface area contributed by atoms with Crippen molar-refractivity contribution >= 4 is 40.4 Å². The number of hydrogen-bond donors (Lipinski definition) is 2. The third-order valence-electron chi connectivity index (χ3n) is 4.62. The number of nitrogens with one attached hydrogen (secondary N) is 2. The molecule has 0 atom stereocenters. The van der Waals surface area contributed by atoms with Crippen LogP contribution in [0.15, 0.2) is 82.4 Å². The second-order valence-electron chi connectivity index (χ2n) is 7.00. The Labute approximate surface area is 184 Å². The predicted octanol–water partition coefficient (Wildman–Crippen LogP) is 4.80. The van der Waals surface area contributed by atoms with Crippen molar-refractivity contribution in [3.8, 4) is 0 Å². The first kappa shape index (κ1) is 20.7. The van der Waals surface area contributed by atoms with Crippen molar-refractivity contribution in [1.29, 1.82) is 0 Å². The maximum atomic E-state index is 12.7. The monoisotopic (exact) mass is 431 g/mol. The van der Waals surface area contributed by atoms with Gasteiger partial charge in [-0.25, -0.2) is 4.98 Å². The van der Waals surface area contributed by atoms with Crippen molar-refractivity contribution < 1.29 is 14.0 Å². The van der Waals surface area contributed by atoms with Crippen molar-refractivity contribution in [3.63, 3.8) is 0 Å². The summed E-state index contributed by atoms with van der Waals surface area (Å²) in [6, 6.07) is 22.4. The van der Waals surface area contributed by atoms with Gasteiger partial charge in [-0.15, -0.1) is 0 Å². The predicted molar refractivity (Wildman–Crippen MR) is 122 cm³/mol. The number of para-hydroxylation sites is 3. The van der Waals surface area contributed by atoms with E-state index >= 15 is 0 Å². The summed E-state index contributed by atoms with van der Waals surface area (Å²) in [4.78, 5) is 29.5. The van der Waals surface area contributed by atoms with Crippen LogP contribution in [0.3, 0.4) is 0 Å². The van der Waals surface area contributed by atoms with Gasteiger partial charge in [-0.1, -0.05) is 65.9 Å². The number of hydrogen-bond acceptors (Lipinski definition) is 5. The van der Waals surface area contributed by atoms with Gasteiger partial charge in [0.15, 0.2) is 5.58 Å². The van der Waals surface area contributed by atoms with Crippen LogP contribution in [0.4, 0.5) is 5.69 Å². The number of oxazole rings is 1. The lowest BCUT2D eigenvalue weighted by Crippen LogP contribution is -2.25. The van der Waals surface area contributed by atoms with Crippen LogP contribution in [0.2, 0.25) is 0 Å². The molecule has 0 aliphatic carbocycles. The van der Waals surface area contributed by atoms with E-state index in [4.69, 9.17) is 4.42 Å². The zero-order valence-corrected chi connectivity index (χ0v) is 17.7. The molecule has 0 unspecified atom stereocenters. The first-order valence-electron chi connectivity index (χ1n) is 9.79. The van der Waals surface area contributed by atoms with Gasteiger partial charge in [0.25, 0.3) is 11.1 Å². The van der Waals surface area contributed by atoms with Gasteiger partial charge in [0.2, 0.25) is 5.91 Å². The van der Waals surface area contributed by atoms with E-state index in [-0.39, 0.29) is 17.6 Å². The summed E-state index contributed by atoms with van der Waals surface area (Å²) in [7, 11) is 0. The largest absolute Gasteiger partial charge is 0.431 e. The van der Waals surface area contributed by atoms with Gasteiger partial charge in [-0.2, -0.15) is 0 Å². The number of aromatic nitrogens is 1. The Balaban J connectivity index is 1.36. The molecule has 6 nitrogen and oxygen atoms in total. The molecule has 0 saturated carbocycles. The lowest BCUT2D eigenvalue weighted by atomic mass is 10.1. The van der Waals surface area contributed by atoms with Gasteiger partial charge in [0, 0.05) is 6.54 Å². The number of rotatable bonds is 7. The lowest BCUT2D eigenvalue weighted by Gasteiger charge is -2.11. The average Bonchev–Trinajstić information content (AvgIpc) is 3.21. The van der Waals surface area contributed by atoms with Crippen LogP contribution in [0.25, 0.3) is 11.1 Å². The van der Waals surface area contributed by atoms with Crippen LogP contribution >= 0.6 is 11.8 Å². The molecule has 0 aliphatic rings. The summed E-state index contributed by atoms with van der Waals surface area (Å²) in [5.41, 5.74) is 4.48. The third kappa shape index (κ3) is 5.32.